The summed E-state index contributed by atoms with van der Waals surface area (Å²) in [5.41, 5.74) is 3.79. The summed E-state index contributed by atoms with van der Waals surface area (Å²) in [7, 11) is 3.17. The molecular weight excluding hydrogens is 510 g/mol. The Morgan fingerprint density at radius 1 is 0.950 bits per heavy atom. The number of likely N-dealkylation sites (N-methyl/N-ethyl adjacent to an activating group) is 1. The monoisotopic (exact) mass is 545 g/mol. The predicted molar refractivity (Wildman–Crippen MR) is 151 cm³/mol. The first-order valence-corrected chi connectivity index (χ1v) is 13.1. The average molecular weight is 546 g/mol. The molecule has 3 aromatic carbocycles. The van der Waals surface area contributed by atoms with Gasteiger partial charge < -0.3 is 25.2 Å². The topological polar surface area (TPSA) is 117 Å². The number of alkyl carbamates (subject to hydrolysis) is 1. The Kier molecular flexibility index (Phi) is 9.19. The van der Waals surface area contributed by atoms with Gasteiger partial charge in [0.15, 0.2) is 0 Å². The van der Waals surface area contributed by atoms with E-state index in [4.69, 9.17) is 9.47 Å². The van der Waals surface area contributed by atoms with Crippen LogP contribution in [0.25, 0.3) is 11.1 Å². The van der Waals surface area contributed by atoms with Crippen molar-refractivity contribution < 1.29 is 29.0 Å². The summed E-state index contributed by atoms with van der Waals surface area (Å²) < 4.78 is 10.8. The van der Waals surface area contributed by atoms with E-state index in [1.165, 1.54) is 14.0 Å². The molecule has 40 heavy (non-hydrogen) atoms. The largest absolute Gasteiger partial charge is 0.480 e. The molecule has 3 aromatic rings. The van der Waals surface area contributed by atoms with Gasteiger partial charge in [-0.3, -0.25) is 9.69 Å². The van der Waals surface area contributed by atoms with Crippen LogP contribution < -0.4 is 10.6 Å². The van der Waals surface area contributed by atoms with Crippen molar-refractivity contribution in [1.29, 1.82) is 0 Å². The third-order valence-electron chi connectivity index (χ3n) is 7.05. The van der Waals surface area contributed by atoms with Crippen LogP contribution in [0.3, 0.4) is 0 Å². The van der Waals surface area contributed by atoms with E-state index >= 15 is 0 Å². The number of benzene rings is 3. The molecule has 0 radical (unpaired) electrons. The molecular formula is C31H35N3O6. The Morgan fingerprint density at radius 2 is 1.52 bits per heavy atom. The predicted octanol–water partition coefficient (Wildman–Crippen LogP) is 3.63. The maximum atomic E-state index is 13.3. The second kappa shape index (κ2) is 12.8. The fourth-order valence-corrected chi connectivity index (χ4v) is 5.08. The van der Waals surface area contributed by atoms with Crippen LogP contribution in [0.1, 0.15) is 29.5 Å². The van der Waals surface area contributed by atoms with E-state index in [1.54, 1.807) is 11.9 Å². The first kappa shape index (κ1) is 28.8. The molecule has 0 saturated heterocycles. The molecule has 2 atom stereocenters. The highest BCUT2D eigenvalue weighted by Crippen LogP contribution is 2.44. The van der Waals surface area contributed by atoms with Gasteiger partial charge in [-0.05, 0) is 41.8 Å². The number of carboxylic acids is 1. The number of methoxy groups -OCH3 is 1. The fourth-order valence-electron chi connectivity index (χ4n) is 5.08. The van der Waals surface area contributed by atoms with Crippen LogP contribution in [-0.4, -0.2) is 73.5 Å². The van der Waals surface area contributed by atoms with Crippen molar-refractivity contribution in [2.45, 2.75) is 31.0 Å². The number of hydrogen-bond donors (Lipinski definition) is 3. The minimum atomic E-state index is -1.57. The van der Waals surface area contributed by atoms with E-state index in [0.717, 1.165) is 27.8 Å². The van der Waals surface area contributed by atoms with Crippen molar-refractivity contribution in [1.82, 2.24) is 15.5 Å². The lowest BCUT2D eigenvalue weighted by Gasteiger charge is -2.31. The van der Waals surface area contributed by atoms with Gasteiger partial charge in [0.1, 0.15) is 18.2 Å². The molecule has 0 spiro atoms. The molecule has 9 nitrogen and oxygen atoms in total. The molecule has 1 aliphatic carbocycles. The summed E-state index contributed by atoms with van der Waals surface area (Å²) in [4.78, 5) is 40.0. The van der Waals surface area contributed by atoms with Gasteiger partial charge in [0.05, 0.1) is 6.61 Å². The number of ether oxygens (including phenoxy) is 2. The van der Waals surface area contributed by atoms with Crippen molar-refractivity contribution in [2.24, 2.45) is 0 Å². The van der Waals surface area contributed by atoms with Crippen molar-refractivity contribution in [2.75, 3.05) is 33.9 Å². The Balaban J connectivity index is 1.39. The van der Waals surface area contributed by atoms with Gasteiger partial charge >= 0.3 is 12.1 Å². The summed E-state index contributed by atoms with van der Waals surface area (Å²) in [6.45, 7) is 1.93. The van der Waals surface area contributed by atoms with E-state index < -0.39 is 29.6 Å². The number of carbonyl (C=O) groups excluding carboxylic acids is 2. The summed E-state index contributed by atoms with van der Waals surface area (Å²) in [5, 5.41) is 15.0. The number of fused-ring (bicyclic) bond motifs is 3. The number of nitrogens with one attached hydrogen (secondary N) is 2. The van der Waals surface area contributed by atoms with Gasteiger partial charge in [0.25, 0.3) is 0 Å². The molecule has 2 amide bonds. The molecule has 1 aliphatic rings. The Labute approximate surface area is 234 Å². The van der Waals surface area contributed by atoms with Crippen LogP contribution in [0.15, 0.2) is 78.9 Å². The van der Waals surface area contributed by atoms with Crippen LogP contribution in [0.5, 0.6) is 0 Å². The number of nitrogens with zero attached hydrogens (tertiary/aromatic N) is 1. The maximum absolute atomic E-state index is 13.3. The second-order valence-electron chi connectivity index (χ2n) is 10.3. The summed E-state index contributed by atoms with van der Waals surface area (Å²) in [5.74, 6) is -2.02. The van der Waals surface area contributed by atoms with E-state index in [0.29, 0.717) is 6.54 Å². The first-order valence-electron chi connectivity index (χ1n) is 13.1. The molecule has 9 heteroatoms. The third kappa shape index (κ3) is 6.67. The van der Waals surface area contributed by atoms with Gasteiger partial charge in [-0.2, -0.15) is 0 Å². The molecule has 0 aromatic heterocycles. The fraction of sp³-hybridized carbons (Fsp3) is 0.323. The summed E-state index contributed by atoms with van der Waals surface area (Å²) >= 11 is 0. The van der Waals surface area contributed by atoms with Crippen LogP contribution in [-0.2, 0) is 25.6 Å². The summed E-state index contributed by atoms with van der Waals surface area (Å²) in [6.07, 6.45) is -0.801. The van der Waals surface area contributed by atoms with Crippen molar-refractivity contribution >= 4 is 18.0 Å². The van der Waals surface area contributed by atoms with Crippen LogP contribution in [0.2, 0.25) is 0 Å². The van der Waals surface area contributed by atoms with Gasteiger partial charge in [-0.15, -0.1) is 0 Å². The molecule has 0 heterocycles. The van der Waals surface area contributed by atoms with Gasteiger partial charge in [-0.1, -0.05) is 78.9 Å². The van der Waals surface area contributed by atoms with E-state index in [-0.39, 0.29) is 25.7 Å². The number of hydrogen-bond acceptors (Lipinski definition) is 6. The number of carboxylic acid groups (broad SMARTS) is 1. The lowest BCUT2D eigenvalue weighted by Crippen LogP contribution is -2.63. The van der Waals surface area contributed by atoms with E-state index in [9.17, 15) is 19.5 Å². The molecule has 0 aliphatic heterocycles. The molecule has 0 bridgehead atoms. The Morgan fingerprint density at radius 3 is 2.10 bits per heavy atom. The van der Waals surface area contributed by atoms with Crippen molar-refractivity contribution in [3.8, 4) is 11.1 Å². The van der Waals surface area contributed by atoms with Gasteiger partial charge in [0.2, 0.25) is 5.91 Å². The van der Waals surface area contributed by atoms with Crippen molar-refractivity contribution in [3.63, 3.8) is 0 Å². The summed E-state index contributed by atoms with van der Waals surface area (Å²) in [6, 6.07) is 24.4. The first-order chi connectivity index (χ1) is 19.2. The van der Waals surface area contributed by atoms with Crippen LogP contribution in [0, 0.1) is 0 Å². The molecule has 4 rings (SSSR count). The maximum Gasteiger partial charge on any atom is 0.408 e. The van der Waals surface area contributed by atoms with Crippen molar-refractivity contribution in [3.05, 3.63) is 95.6 Å². The highest BCUT2D eigenvalue weighted by Gasteiger charge is 2.39. The normalized spacial score (nSPS) is 14.5. The molecule has 210 valence electrons. The SMILES string of the molecule is COCC(C)(NC(=O)OCC1c2ccccc2-c2ccccc21)C(=O)NC(CN(C)Cc1ccccc1)C(=O)O. The average Bonchev–Trinajstić information content (AvgIpc) is 3.25. The smallest absolute Gasteiger partial charge is 0.408 e. The van der Waals surface area contributed by atoms with Crippen LogP contribution in [0.4, 0.5) is 4.79 Å². The third-order valence-corrected chi connectivity index (χ3v) is 7.05. The minimum absolute atomic E-state index is 0.0595. The minimum Gasteiger partial charge on any atom is -0.480 e. The quantitative estimate of drug-likeness (QED) is 0.318. The Bertz CT molecular complexity index is 1300. The zero-order valence-electron chi connectivity index (χ0n) is 22.9. The lowest BCUT2D eigenvalue weighted by molar-refractivity contribution is -0.143. The van der Waals surface area contributed by atoms with E-state index in [2.05, 4.69) is 10.6 Å². The lowest BCUT2D eigenvalue weighted by atomic mass is 9.98. The standard InChI is InChI=1S/C31H35N3O6/c1-31(20-39-3,29(37)32-27(28(35)36)18-34(2)17-21-11-5-4-6-12-21)33-30(38)40-19-26-24-15-9-7-13-22(24)23-14-8-10-16-25(23)26/h4-16,26-27H,17-20H2,1-3H3,(H,32,37)(H,33,38)(H,35,36). The second-order valence-corrected chi connectivity index (χ2v) is 10.3. The van der Waals surface area contributed by atoms with E-state index in [1.807, 2.05) is 78.9 Å². The number of rotatable bonds is 12. The zero-order chi connectivity index (χ0) is 28.7. The highest BCUT2D eigenvalue weighted by atomic mass is 16.5. The number of carbonyl (C=O) groups is 3. The van der Waals surface area contributed by atoms with Crippen LogP contribution >= 0.6 is 0 Å². The highest BCUT2D eigenvalue weighted by molar-refractivity contribution is 5.92. The molecule has 0 fully saturated rings. The van der Waals surface area contributed by atoms with Gasteiger partial charge in [0, 0.05) is 26.1 Å². The zero-order valence-corrected chi connectivity index (χ0v) is 22.9. The molecule has 0 saturated carbocycles. The number of aliphatic carboxylic acids is 1. The number of amides is 2. The molecule has 2 unspecified atom stereocenters. The molecule has 3 N–H and O–H groups in total. The Hall–Kier alpha value is -4.21. The van der Waals surface area contributed by atoms with Gasteiger partial charge in [-0.25, -0.2) is 9.59 Å².